The molecule has 2 amide bonds. The summed E-state index contributed by atoms with van der Waals surface area (Å²) >= 11 is 0. The maximum absolute atomic E-state index is 11.4. The number of amides is 2. The molecule has 0 unspecified atom stereocenters. The third-order valence-electron chi connectivity index (χ3n) is 2.82. The summed E-state index contributed by atoms with van der Waals surface area (Å²) in [7, 11) is 0. The van der Waals surface area contributed by atoms with Gasteiger partial charge in [-0.1, -0.05) is 33.1 Å². The van der Waals surface area contributed by atoms with Gasteiger partial charge in [0.15, 0.2) is 0 Å². The van der Waals surface area contributed by atoms with E-state index in [2.05, 4.69) is 6.92 Å². The molecular weight excluding hydrogens is 190 g/mol. The molecule has 0 aromatic carbocycles. The van der Waals surface area contributed by atoms with Gasteiger partial charge in [0.05, 0.1) is 0 Å². The summed E-state index contributed by atoms with van der Waals surface area (Å²) < 4.78 is 0. The fraction of sp³-hybridized carbons (Fsp3) is 0.667. The Kier molecular flexibility index (Phi) is 4.53. The lowest BCUT2D eigenvalue weighted by Crippen LogP contribution is -2.39. The second-order valence-electron chi connectivity index (χ2n) is 3.94. The van der Waals surface area contributed by atoms with Crippen LogP contribution in [0.25, 0.3) is 0 Å². The Hall–Kier alpha value is -1.12. The van der Waals surface area contributed by atoms with E-state index in [0.717, 1.165) is 25.7 Å². The zero-order valence-electron chi connectivity index (χ0n) is 9.53. The van der Waals surface area contributed by atoms with E-state index < -0.39 is 0 Å². The van der Waals surface area contributed by atoms with Gasteiger partial charge in [-0.2, -0.15) is 0 Å². The minimum absolute atomic E-state index is 0.0894. The predicted molar refractivity (Wildman–Crippen MR) is 59.2 cm³/mol. The highest BCUT2D eigenvalue weighted by molar-refractivity contribution is 6.13. The quantitative estimate of drug-likeness (QED) is 0.497. The number of nitrogens with zero attached hydrogens (tertiary/aromatic N) is 1. The molecule has 1 aliphatic rings. The van der Waals surface area contributed by atoms with Crippen LogP contribution in [0.1, 0.15) is 46.0 Å². The Labute approximate surface area is 91.1 Å². The van der Waals surface area contributed by atoms with Gasteiger partial charge >= 0.3 is 0 Å². The zero-order chi connectivity index (χ0) is 11.3. The van der Waals surface area contributed by atoms with Gasteiger partial charge in [-0.3, -0.25) is 14.5 Å². The van der Waals surface area contributed by atoms with Crippen LogP contribution in [0.4, 0.5) is 0 Å². The molecule has 1 aliphatic heterocycles. The Morgan fingerprint density at radius 2 is 1.73 bits per heavy atom. The maximum Gasteiger partial charge on any atom is 0.253 e. The van der Waals surface area contributed by atoms with Crippen molar-refractivity contribution < 1.29 is 9.59 Å². The number of carbonyl (C=O) groups is 2. The number of hydrogen-bond acceptors (Lipinski definition) is 2. The third kappa shape index (κ3) is 2.91. The SMILES string of the molecule is CCCCC[C@H](CC)N1C(=O)C=CC1=O. The average Bonchev–Trinajstić information content (AvgIpc) is 2.55. The molecule has 3 heteroatoms. The van der Waals surface area contributed by atoms with Crippen LogP contribution in [0, 0.1) is 0 Å². The van der Waals surface area contributed by atoms with Crippen molar-refractivity contribution >= 4 is 11.8 Å². The summed E-state index contributed by atoms with van der Waals surface area (Å²) in [5.41, 5.74) is 0. The summed E-state index contributed by atoms with van der Waals surface area (Å²) in [6.45, 7) is 4.17. The fourth-order valence-electron chi connectivity index (χ4n) is 1.92. The van der Waals surface area contributed by atoms with Crippen molar-refractivity contribution in [3.05, 3.63) is 12.2 Å². The monoisotopic (exact) mass is 209 g/mol. The van der Waals surface area contributed by atoms with E-state index in [1.807, 2.05) is 6.92 Å². The van der Waals surface area contributed by atoms with Crippen molar-refractivity contribution in [2.45, 2.75) is 52.0 Å². The van der Waals surface area contributed by atoms with Crippen LogP contribution in [0.15, 0.2) is 12.2 Å². The lowest BCUT2D eigenvalue weighted by molar-refractivity contribution is -0.139. The van der Waals surface area contributed by atoms with Crippen molar-refractivity contribution in [2.24, 2.45) is 0 Å². The molecule has 0 aromatic rings. The first-order chi connectivity index (χ1) is 7.20. The highest BCUT2D eigenvalue weighted by atomic mass is 16.2. The summed E-state index contributed by atoms with van der Waals surface area (Å²) in [6, 6.07) is 0.0894. The van der Waals surface area contributed by atoms with Crippen LogP contribution >= 0.6 is 0 Å². The Balaban J connectivity index is 2.51. The van der Waals surface area contributed by atoms with E-state index in [4.69, 9.17) is 0 Å². The largest absolute Gasteiger partial charge is 0.272 e. The average molecular weight is 209 g/mol. The van der Waals surface area contributed by atoms with E-state index in [0.29, 0.717) is 0 Å². The molecule has 1 heterocycles. The molecule has 1 atom stereocenters. The Morgan fingerprint density at radius 3 is 2.20 bits per heavy atom. The van der Waals surface area contributed by atoms with Crippen LogP contribution in [-0.2, 0) is 9.59 Å². The molecule has 0 radical (unpaired) electrons. The first-order valence-electron chi connectivity index (χ1n) is 5.76. The molecule has 84 valence electrons. The van der Waals surface area contributed by atoms with Crippen molar-refractivity contribution in [3.8, 4) is 0 Å². The summed E-state index contributed by atoms with van der Waals surface area (Å²) in [5, 5.41) is 0. The molecule has 3 nitrogen and oxygen atoms in total. The predicted octanol–water partition coefficient (Wildman–Crippen LogP) is 2.27. The van der Waals surface area contributed by atoms with Gasteiger partial charge in [0.1, 0.15) is 0 Å². The first-order valence-corrected chi connectivity index (χ1v) is 5.76. The maximum atomic E-state index is 11.4. The molecule has 0 aliphatic carbocycles. The van der Waals surface area contributed by atoms with Crippen molar-refractivity contribution in [2.75, 3.05) is 0 Å². The van der Waals surface area contributed by atoms with E-state index in [-0.39, 0.29) is 17.9 Å². The smallest absolute Gasteiger partial charge is 0.253 e. The van der Waals surface area contributed by atoms with E-state index in [9.17, 15) is 9.59 Å². The normalized spacial score (nSPS) is 17.6. The molecule has 0 saturated heterocycles. The molecule has 0 saturated carbocycles. The van der Waals surface area contributed by atoms with Crippen molar-refractivity contribution in [1.29, 1.82) is 0 Å². The van der Waals surface area contributed by atoms with E-state index in [1.165, 1.54) is 23.5 Å². The Bertz CT molecular complexity index is 253. The van der Waals surface area contributed by atoms with Gasteiger partial charge in [-0.05, 0) is 12.8 Å². The van der Waals surface area contributed by atoms with Crippen LogP contribution in [-0.4, -0.2) is 22.8 Å². The van der Waals surface area contributed by atoms with Gasteiger partial charge in [0.25, 0.3) is 11.8 Å². The number of hydrogen-bond donors (Lipinski definition) is 0. The first kappa shape index (κ1) is 12.0. The van der Waals surface area contributed by atoms with Crippen LogP contribution in [0.3, 0.4) is 0 Å². The summed E-state index contributed by atoms with van der Waals surface area (Å²) in [4.78, 5) is 24.3. The number of unbranched alkanes of at least 4 members (excludes halogenated alkanes) is 2. The minimum atomic E-state index is -0.150. The van der Waals surface area contributed by atoms with Gasteiger partial charge in [0, 0.05) is 18.2 Å². The van der Waals surface area contributed by atoms with Crippen molar-refractivity contribution in [1.82, 2.24) is 4.90 Å². The Morgan fingerprint density at radius 1 is 1.13 bits per heavy atom. The van der Waals surface area contributed by atoms with Gasteiger partial charge in [0.2, 0.25) is 0 Å². The molecule has 0 bridgehead atoms. The van der Waals surface area contributed by atoms with Gasteiger partial charge in [-0.15, -0.1) is 0 Å². The molecular formula is C12H19NO2. The van der Waals surface area contributed by atoms with Crippen LogP contribution < -0.4 is 0 Å². The number of imide groups is 1. The number of carbonyl (C=O) groups excluding carboxylic acids is 2. The van der Waals surface area contributed by atoms with Crippen LogP contribution in [0.2, 0.25) is 0 Å². The molecule has 15 heavy (non-hydrogen) atoms. The van der Waals surface area contributed by atoms with Gasteiger partial charge in [-0.25, -0.2) is 0 Å². The van der Waals surface area contributed by atoms with Gasteiger partial charge < -0.3 is 0 Å². The topological polar surface area (TPSA) is 37.4 Å². The zero-order valence-corrected chi connectivity index (χ0v) is 9.53. The second-order valence-corrected chi connectivity index (χ2v) is 3.94. The third-order valence-corrected chi connectivity index (χ3v) is 2.82. The minimum Gasteiger partial charge on any atom is -0.272 e. The molecule has 0 fully saturated rings. The molecule has 0 N–H and O–H groups in total. The molecule has 0 aromatic heterocycles. The summed E-state index contributed by atoms with van der Waals surface area (Å²) in [5.74, 6) is -0.299. The lowest BCUT2D eigenvalue weighted by Gasteiger charge is -2.24. The van der Waals surface area contributed by atoms with Crippen molar-refractivity contribution in [3.63, 3.8) is 0 Å². The van der Waals surface area contributed by atoms with E-state index >= 15 is 0 Å². The highest BCUT2D eigenvalue weighted by Gasteiger charge is 2.29. The molecule has 0 spiro atoms. The highest BCUT2D eigenvalue weighted by Crippen LogP contribution is 2.17. The number of rotatable bonds is 6. The fourth-order valence-corrected chi connectivity index (χ4v) is 1.92. The van der Waals surface area contributed by atoms with Crippen LogP contribution in [0.5, 0.6) is 0 Å². The second kappa shape index (κ2) is 5.69. The molecule has 1 rings (SSSR count). The van der Waals surface area contributed by atoms with E-state index in [1.54, 1.807) is 0 Å². The standard InChI is InChI=1S/C12H19NO2/c1-3-5-6-7-10(4-2)13-11(14)8-9-12(13)15/h8-10H,3-7H2,1-2H3/t10-/m0/s1. The summed E-state index contributed by atoms with van der Waals surface area (Å²) in [6.07, 6.45) is 7.94. The lowest BCUT2D eigenvalue weighted by atomic mass is 10.0.